The van der Waals surface area contributed by atoms with Crippen molar-refractivity contribution in [1.29, 1.82) is 0 Å². The van der Waals surface area contributed by atoms with Crippen LogP contribution in [-0.2, 0) is 6.54 Å². The van der Waals surface area contributed by atoms with Gasteiger partial charge in [0.1, 0.15) is 0 Å². The number of aryl methyl sites for hydroxylation is 1. The van der Waals surface area contributed by atoms with Crippen molar-refractivity contribution >= 4 is 0 Å². The van der Waals surface area contributed by atoms with Crippen LogP contribution in [0.25, 0.3) is 0 Å². The van der Waals surface area contributed by atoms with Crippen LogP contribution >= 0.6 is 0 Å². The van der Waals surface area contributed by atoms with E-state index >= 15 is 0 Å². The minimum Gasteiger partial charge on any atom is -0.313 e. The Morgan fingerprint density at radius 2 is 2.11 bits per heavy atom. The minimum atomic E-state index is 0.689. The Morgan fingerprint density at radius 3 is 2.83 bits per heavy atom. The Hall–Kier alpha value is -0.860. The van der Waals surface area contributed by atoms with E-state index in [-0.39, 0.29) is 0 Å². The van der Waals surface area contributed by atoms with E-state index in [0.717, 1.165) is 13.1 Å². The molecule has 1 aliphatic rings. The van der Waals surface area contributed by atoms with Gasteiger partial charge < -0.3 is 10.2 Å². The third-order valence-electron chi connectivity index (χ3n) is 4.10. The fraction of sp³-hybridized carbons (Fsp3) is 0.625. The first kappa shape index (κ1) is 13.6. The average molecular weight is 246 g/mol. The van der Waals surface area contributed by atoms with Crippen molar-refractivity contribution in [3.8, 4) is 0 Å². The molecule has 0 spiro atoms. The van der Waals surface area contributed by atoms with Gasteiger partial charge in [-0.25, -0.2) is 0 Å². The van der Waals surface area contributed by atoms with Crippen molar-refractivity contribution < 1.29 is 0 Å². The maximum atomic E-state index is 3.62. The van der Waals surface area contributed by atoms with Gasteiger partial charge in [-0.3, -0.25) is 0 Å². The number of likely N-dealkylation sites (N-methyl/N-ethyl adjacent to an activating group) is 1. The quantitative estimate of drug-likeness (QED) is 0.879. The molecule has 1 aliphatic heterocycles. The molecule has 0 aromatic heterocycles. The zero-order valence-corrected chi connectivity index (χ0v) is 12.0. The SMILES string of the molecule is Cc1cccc(CN(C)CC2CCCCN2)c1C. The lowest BCUT2D eigenvalue weighted by Gasteiger charge is -2.28. The molecule has 2 nitrogen and oxygen atoms in total. The Bertz CT molecular complexity index is 381. The van der Waals surface area contributed by atoms with Gasteiger partial charge in [0, 0.05) is 19.1 Å². The predicted molar refractivity (Wildman–Crippen MR) is 77.9 cm³/mol. The van der Waals surface area contributed by atoms with Gasteiger partial charge in [0.25, 0.3) is 0 Å². The van der Waals surface area contributed by atoms with Crippen LogP contribution in [-0.4, -0.2) is 31.1 Å². The van der Waals surface area contributed by atoms with Gasteiger partial charge in [0.2, 0.25) is 0 Å². The van der Waals surface area contributed by atoms with Gasteiger partial charge >= 0.3 is 0 Å². The second-order valence-electron chi connectivity index (χ2n) is 5.70. The second kappa shape index (κ2) is 6.35. The first-order valence-electron chi connectivity index (χ1n) is 7.14. The Balaban J connectivity index is 1.90. The zero-order valence-electron chi connectivity index (χ0n) is 12.0. The Labute approximate surface area is 111 Å². The van der Waals surface area contributed by atoms with E-state index < -0.39 is 0 Å². The monoisotopic (exact) mass is 246 g/mol. The van der Waals surface area contributed by atoms with Gasteiger partial charge in [-0.15, -0.1) is 0 Å². The highest BCUT2D eigenvalue weighted by molar-refractivity contribution is 5.32. The van der Waals surface area contributed by atoms with Crippen molar-refractivity contribution in [2.24, 2.45) is 0 Å². The fourth-order valence-corrected chi connectivity index (χ4v) is 2.79. The summed E-state index contributed by atoms with van der Waals surface area (Å²) in [7, 11) is 2.23. The Kier molecular flexibility index (Phi) is 4.79. The molecule has 1 saturated heterocycles. The lowest BCUT2D eigenvalue weighted by Crippen LogP contribution is -2.42. The average Bonchev–Trinajstić information content (AvgIpc) is 2.36. The molecule has 0 bridgehead atoms. The number of nitrogens with zero attached hydrogens (tertiary/aromatic N) is 1. The molecule has 1 heterocycles. The number of nitrogens with one attached hydrogen (secondary N) is 1. The summed E-state index contributed by atoms with van der Waals surface area (Å²) in [6.07, 6.45) is 4.06. The van der Waals surface area contributed by atoms with E-state index in [9.17, 15) is 0 Å². The molecule has 100 valence electrons. The first-order chi connectivity index (χ1) is 8.66. The molecule has 1 N–H and O–H groups in total. The van der Waals surface area contributed by atoms with Crippen LogP contribution in [0, 0.1) is 13.8 Å². The number of piperidine rings is 1. The van der Waals surface area contributed by atoms with Crippen LogP contribution in [0.5, 0.6) is 0 Å². The molecule has 1 aromatic rings. The molecular formula is C16H26N2. The summed E-state index contributed by atoms with van der Waals surface area (Å²) in [5.41, 5.74) is 4.31. The van der Waals surface area contributed by atoms with E-state index in [1.54, 1.807) is 0 Å². The van der Waals surface area contributed by atoms with E-state index in [4.69, 9.17) is 0 Å². The molecule has 0 amide bonds. The normalized spacial score (nSPS) is 20.3. The predicted octanol–water partition coefficient (Wildman–Crippen LogP) is 2.88. The highest BCUT2D eigenvalue weighted by Crippen LogP contribution is 2.15. The summed E-state index contributed by atoms with van der Waals surface area (Å²) in [6.45, 7) is 7.85. The fourth-order valence-electron chi connectivity index (χ4n) is 2.79. The van der Waals surface area contributed by atoms with E-state index in [1.807, 2.05) is 0 Å². The molecule has 2 rings (SSSR count). The van der Waals surface area contributed by atoms with E-state index in [0.29, 0.717) is 6.04 Å². The maximum absolute atomic E-state index is 3.62. The van der Waals surface area contributed by atoms with E-state index in [2.05, 4.69) is 49.3 Å². The summed E-state index contributed by atoms with van der Waals surface area (Å²) >= 11 is 0. The molecule has 1 unspecified atom stereocenters. The van der Waals surface area contributed by atoms with E-state index in [1.165, 1.54) is 42.5 Å². The molecular weight excluding hydrogens is 220 g/mol. The van der Waals surface area contributed by atoms with Crippen LogP contribution in [0.1, 0.15) is 36.0 Å². The summed E-state index contributed by atoms with van der Waals surface area (Å²) in [4.78, 5) is 2.45. The van der Waals surface area contributed by atoms with Gasteiger partial charge in [0.15, 0.2) is 0 Å². The van der Waals surface area contributed by atoms with Crippen LogP contribution in [0.15, 0.2) is 18.2 Å². The standard InChI is InChI=1S/C16H26N2/c1-13-7-6-8-15(14(13)2)11-18(3)12-16-9-4-5-10-17-16/h6-8,16-17H,4-5,9-12H2,1-3H3. The van der Waals surface area contributed by atoms with Crippen molar-refractivity contribution in [3.05, 3.63) is 34.9 Å². The first-order valence-corrected chi connectivity index (χ1v) is 7.14. The van der Waals surface area contributed by atoms with Crippen molar-refractivity contribution in [1.82, 2.24) is 10.2 Å². The van der Waals surface area contributed by atoms with Crippen molar-refractivity contribution in [3.63, 3.8) is 0 Å². The summed E-state index contributed by atoms with van der Waals surface area (Å²) in [5, 5.41) is 3.62. The number of hydrogen-bond acceptors (Lipinski definition) is 2. The lowest BCUT2D eigenvalue weighted by molar-refractivity contribution is 0.256. The third-order valence-corrected chi connectivity index (χ3v) is 4.10. The molecule has 1 fully saturated rings. The second-order valence-corrected chi connectivity index (χ2v) is 5.70. The molecule has 1 aromatic carbocycles. The Morgan fingerprint density at radius 1 is 1.28 bits per heavy atom. The molecule has 0 saturated carbocycles. The highest BCUT2D eigenvalue weighted by atomic mass is 15.1. The van der Waals surface area contributed by atoms with Crippen LogP contribution in [0.4, 0.5) is 0 Å². The van der Waals surface area contributed by atoms with Crippen LogP contribution in [0.2, 0.25) is 0 Å². The van der Waals surface area contributed by atoms with Gasteiger partial charge in [0.05, 0.1) is 0 Å². The molecule has 18 heavy (non-hydrogen) atoms. The third kappa shape index (κ3) is 3.56. The largest absolute Gasteiger partial charge is 0.313 e. The number of benzene rings is 1. The lowest BCUT2D eigenvalue weighted by atomic mass is 10.0. The van der Waals surface area contributed by atoms with Gasteiger partial charge in [-0.05, 0) is 57.0 Å². The molecule has 0 aliphatic carbocycles. The number of hydrogen-bond donors (Lipinski definition) is 1. The van der Waals surface area contributed by atoms with Crippen molar-refractivity contribution in [2.45, 2.75) is 45.7 Å². The van der Waals surface area contributed by atoms with Gasteiger partial charge in [-0.1, -0.05) is 24.6 Å². The minimum absolute atomic E-state index is 0.689. The summed E-state index contributed by atoms with van der Waals surface area (Å²) in [5.74, 6) is 0. The molecule has 2 heteroatoms. The van der Waals surface area contributed by atoms with Crippen LogP contribution in [0.3, 0.4) is 0 Å². The topological polar surface area (TPSA) is 15.3 Å². The zero-order chi connectivity index (χ0) is 13.0. The number of rotatable bonds is 4. The summed E-state index contributed by atoms with van der Waals surface area (Å²) in [6, 6.07) is 7.31. The maximum Gasteiger partial charge on any atom is 0.0234 e. The molecule has 0 radical (unpaired) electrons. The molecule has 1 atom stereocenters. The summed E-state index contributed by atoms with van der Waals surface area (Å²) < 4.78 is 0. The smallest absolute Gasteiger partial charge is 0.0234 e. The highest BCUT2D eigenvalue weighted by Gasteiger charge is 2.15. The van der Waals surface area contributed by atoms with Crippen molar-refractivity contribution in [2.75, 3.05) is 20.1 Å². The van der Waals surface area contributed by atoms with Gasteiger partial charge in [-0.2, -0.15) is 0 Å². The van der Waals surface area contributed by atoms with Crippen LogP contribution < -0.4 is 5.32 Å².